The van der Waals surface area contributed by atoms with Gasteiger partial charge in [-0.05, 0) is 64.8 Å². The maximum Gasteiger partial charge on any atom is 0.240 e. The molecular weight excluding hydrogens is 314 g/mol. The largest absolute Gasteiger partial charge is 0.338 e. The van der Waals surface area contributed by atoms with Crippen LogP contribution in [0.5, 0.6) is 0 Å². The Morgan fingerprint density at radius 2 is 1.88 bits per heavy atom. The SMILES string of the molecule is CCN(C(=O)CN1CCC[C@H]1[C@H]1CCCN1C(C)=O)C1=CCCCC1. The minimum Gasteiger partial charge on any atom is -0.338 e. The Morgan fingerprint density at radius 1 is 1.12 bits per heavy atom. The summed E-state index contributed by atoms with van der Waals surface area (Å²) in [5.74, 6) is 0.415. The van der Waals surface area contributed by atoms with Crippen LogP contribution in [0.1, 0.15) is 65.2 Å². The van der Waals surface area contributed by atoms with Crippen molar-refractivity contribution in [2.75, 3.05) is 26.2 Å². The lowest BCUT2D eigenvalue weighted by atomic mass is 10.0. The van der Waals surface area contributed by atoms with Crippen molar-refractivity contribution in [1.29, 1.82) is 0 Å². The number of likely N-dealkylation sites (N-methyl/N-ethyl adjacent to an activating group) is 1. The fourth-order valence-electron chi connectivity index (χ4n) is 4.93. The van der Waals surface area contributed by atoms with Crippen LogP contribution in [0.15, 0.2) is 11.8 Å². The average Bonchev–Trinajstić information content (AvgIpc) is 3.25. The number of nitrogens with zero attached hydrogens (tertiary/aromatic N) is 3. The first-order valence-electron chi connectivity index (χ1n) is 10.1. The van der Waals surface area contributed by atoms with Gasteiger partial charge in [0.25, 0.3) is 0 Å². The zero-order valence-electron chi connectivity index (χ0n) is 15.9. The van der Waals surface area contributed by atoms with Crippen molar-refractivity contribution >= 4 is 11.8 Å². The molecule has 140 valence electrons. The first-order valence-corrected chi connectivity index (χ1v) is 10.1. The number of carbonyl (C=O) groups is 2. The minimum absolute atomic E-state index is 0.184. The second-order valence-electron chi connectivity index (χ2n) is 7.68. The zero-order chi connectivity index (χ0) is 17.8. The van der Waals surface area contributed by atoms with E-state index in [1.165, 1.54) is 18.5 Å². The van der Waals surface area contributed by atoms with Crippen molar-refractivity contribution in [2.45, 2.75) is 77.3 Å². The van der Waals surface area contributed by atoms with Gasteiger partial charge in [-0.1, -0.05) is 6.08 Å². The van der Waals surface area contributed by atoms with Gasteiger partial charge in [-0.25, -0.2) is 0 Å². The Hall–Kier alpha value is -1.36. The lowest BCUT2D eigenvalue weighted by Crippen LogP contribution is -2.50. The number of hydrogen-bond acceptors (Lipinski definition) is 3. The quantitative estimate of drug-likeness (QED) is 0.768. The van der Waals surface area contributed by atoms with Crippen molar-refractivity contribution in [2.24, 2.45) is 0 Å². The summed E-state index contributed by atoms with van der Waals surface area (Å²) >= 11 is 0. The Kier molecular flexibility index (Phi) is 6.15. The lowest BCUT2D eigenvalue weighted by Gasteiger charge is -2.35. The van der Waals surface area contributed by atoms with E-state index < -0.39 is 0 Å². The molecule has 0 saturated carbocycles. The van der Waals surface area contributed by atoms with E-state index in [-0.39, 0.29) is 11.8 Å². The van der Waals surface area contributed by atoms with Crippen molar-refractivity contribution in [3.8, 4) is 0 Å². The first kappa shape index (κ1) is 18.4. The number of allylic oxidation sites excluding steroid dienone is 2. The summed E-state index contributed by atoms with van der Waals surface area (Å²) in [6, 6.07) is 0.658. The van der Waals surface area contributed by atoms with Crippen LogP contribution in [0.25, 0.3) is 0 Å². The van der Waals surface area contributed by atoms with Crippen LogP contribution < -0.4 is 0 Å². The molecule has 0 aromatic rings. The van der Waals surface area contributed by atoms with E-state index in [0.717, 1.165) is 58.2 Å². The van der Waals surface area contributed by atoms with Crippen molar-refractivity contribution < 1.29 is 9.59 Å². The number of rotatable bonds is 5. The summed E-state index contributed by atoms with van der Waals surface area (Å²) in [6.07, 6.45) is 11.2. The fourth-order valence-corrected chi connectivity index (χ4v) is 4.93. The van der Waals surface area contributed by atoms with E-state index in [1.54, 1.807) is 6.92 Å². The molecule has 2 fully saturated rings. The molecule has 0 N–H and O–H groups in total. The molecule has 25 heavy (non-hydrogen) atoms. The maximum absolute atomic E-state index is 13.0. The summed E-state index contributed by atoms with van der Waals surface area (Å²) in [5, 5.41) is 0. The van der Waals surface area contributed by atoms with E-state index in [0.29, 0.717) is 18.6 Å². The smallest absolute Gasteiger partial charge is 0.240 e. The Labute approximate surface area is 152 Å². The second kappa shape index (κ2) is 8.35. The van der Waals surface area contributed by atoms with Crippen LogP contribution in [0, 0.1) is 0 Å². The van der Waals surface area contributed by atoms with Gasteiger partial charge in [0.2, 0.25) is 11.8 Å². The normalized spacial score (nSPS) is 27.4. The molecule has 2 aliphatic heterocycles. The van der Waals surface area contributed by atoms with Crippen LogP contribution >= 0.6 is 0 Å². The molecule has 0 radical (unpaired) electrons. The van der Waals surface area contributed by atoms with Crippen LogP contribution in [-0.4, -0.2) is 64.8 Å². The van der Waals surface area contributed by atoms with Crippen LogP contribution in [-0.2, 0) is 9.59 Å². The molecule has 3 aliphatic rings. The zero-order valence-corrected chi connectivity index (χ0v) is 15.9. The van der Waals surface area contributed by atoms with E-state index in [4.69, 9.17) is 0 Å². The molecule has 0 bridgehead atoms. The molecular formula is C20H33N3O2. The third-order valence-corrected chi connectivity index (χ3v) is 6.13. The van der Waals surface area contributed by atoms with Crippen LogP contribution in [0.3, 0.4) is 0 Å². The van der Waals surface area contributed by atoms with Crippen molar-refractivity contribution in [1.82, 2.24) is 14.7 Å². The van der Waals surface area contributed by atoms with Gasteiger partial charge in [0.1, 0.15) is 0 Å². The predicted octanol–water partition coefficient (Wildman–Crippen LogP) is 2.77. The highest BCUT2D eigenvalue weighted by molar-refractivity contribution is 5.80. The summed E-state index contributed by atoms with van der Waals surface area (Å²) in [7, 11) is 0. The molecule has 0 aromatic carbocycles. The standard InChI is InChI=1S/C20H33N3O2/c1-3-22(17-9-5-4-6-10-17)20(25)15-21-13-7-11-18(21)19-12-8-14-23(19)16(2)24/h9,18-19H,3-8,10-15H2,1-2H3/t18-,19+/m0/s1. The first-order chi connectivity index (χ1) is 12.1. The van der Waals surface area contributed by atoms with Gasteiger partial charge in [0.05, 0.1) is 6.54 Å². The topological polar surface area (TPSA) is 43.9 Å². The van der Waals surface area contributed by atoms with E-state index in [1.807, 2.05) is 9.80 Å². The van der Waals surface area contributed by atoms with Gasteiger partial charge in [-0.15, -0.1) is 0 Å². The number of carbonyl (C=O) groups excluding carboxylic acids is 2. The molecule has 5 heteroatoms. The number of amides is 2. The van der Waals surface area contributed by atoms with E-state index >= 15 is 0 Å². The van der Waals surface area contributed by atoms with Gasteiger partial charge >= 0.3 is 0 Å². The Morgan fingerprint density at radius 3 is 2.56 bits per heavy atom. The molecule has 0 aromatic heterocycles. The third-order valence-electron chi connectivity index (χ3n) is 6.13. The highest BCUT2D eigenvalue weighted by Gasteiger charge is 2.39. The van der Waals surface area contributed by atoms with Gasteiger partial charge in [0, 0.05) is 37.8 Å². The number of hydrogen-bond donors (Lipinski definition) is 0. The van der Waals surface area contributed by atoms with Crippen molar-refractivity contribution in [3.05, 3.63) is 11.8 Å². The van der Waals surface area contributed by atoms with Crippen LogP contribution in [0.4, 0.5) is 0 Å². The summed E-state index contributed by atoms with van der Waals surface area (Å²) < 4.78 is 0. The van der Waals surface area contributed by atoms with Crippen LogP contribution in [0.2, 0.25) is 0 Å². The number of likely N-dealkylation sites (tertiary alicyclic amines) is 2. The Bertz CT molecular complexity index is 531. The molecule has 5 nitrogen and oxygen atoms in total. The molecule has 2 amide bonds. The molecule has 3 rings (SSSR count). The third kappa shape index (κ3) is 4.08. The monoisotopic (exact) mass is 347 g/mol. The highest BCUT2D eigenvalue weighted by Crippen LogP contribution is 2.30. The van der Waals surface area contributed by atoms with Gasteiger partial charge < -0.3 is 9.80 Å². The molecule has 0 spiro atoms. The molecule has 1 aliphatic carbocycles. The summed E-state index contributed by atoms with van der Waals surface area (Å²) in [5.41, 5.74) is 1.22. The summed E-state index contributed by atoms with van der Waals surface area (Å²) in [6.45, 7) is 6.87. The average molecular weight is 348 g/mol. The van der Waals surface area contributed by atoms with Gasteiger partial charge in [0.15, 0.2) is 0 Å². The highest BCUT2D eigenvalue weighted by atomic mass is 16.2. The molecule has 2 atom stereocenters. The summed E-state index contributed by atoms with van der Waals surface area (Å²) in [4.78, 5) is 31.3. The van der Waals surface area contributed by atoms with Gasteiger partial charge in [-0.3, -0.25) is 14.5 Å². The Balaban J connectivity index is 1.65. The fraction of sp³-hybridized carbons (Fsp3) is 0.800. The van der Waals surface area contributed by atoms with Gasteiger partial charge in [-0.2, -0.15) is 0 Å². The maximum atomic E-state index is 13.0. The van der Waals surface area contributed by atoms with E-state index in [2.05, 4.69) is 17.9 Å². The predicted molar refractivity (Wildman–Crippen MR) is 98.9 cm³/mol. The molecule has 2 saturated heterocycles. The van der Waals surface area contributed by atoms with Crippen molar-refractivity contribution in [3.63, 3.8) is 0 Å². The van der Waals surface area contributed by atoms with E-state index in [9.17, 15) is 9.59 Å². The molecule has 0 unspecified atom stereocenters. The molecule has 2 heterocycles. The second-order valence-corrected chi connectivity index (χ2v) is 7.68. The lowest BCUT2D eigenvalue weighted by molar-refractivity contribution is -0.132. The minimum atomic E-state index is 0.184.